The van der Waals surface area contributed by atoms with Gasteiger partial charge in [0.15, 0.2) is 0 Å². The smallest absolute Gasteiger partial charge is 0.254 e. The number of pyridine rings is 1. The standard InChI is InChI=1S/C12H17NOS/c1-2-13-11-6-4-3-5-9(11)7-10(8-15)12(13)14/h7,15H,2-6,8H2,1H3. The third kappa shape index (κ3) is 1.85. The number of aromatic nitrogens is 1. The van der Waals surface area contributed by atoms with Gasteiger partial charge in [0.25, 0.3) is 5.56 Å². The zero-order valence-corrected chi connectivity index (χ0v) is 10.0. The number of fused-ring (bicyclic) bond motifs is 1. The number of nitrogens with zero attached hydrogens (tertiary/aromatic N) is 1. The molecule has 1 aromatic heterocycles. The van der Waals surface area contributed by atoms with Crippen LogP contribution in [0.3, 0.4) is 0 Å². The second-order valence-electron chi connectivity index (χ2n) is 4.06. The Morgan fingerprint density at radius 2 is 2.13 bits per heavy atom. The van der Waals surface area contributed by atoms with Gasteiger partial charge >= 0.3 is 0 Å². The summed E-state index contributed by atoms with van der Waals surface area (Å²) in [5.74, 6) is 0.548. The lowest BCUT2D eigenvalue weighted by molar-refractivity contribution is 0.588. The number of thiol groups is 1. The van der Waals surface area contributed by atoms with Crippen molar-refractivity contribution in [2.75, 3.05) is 0 Å². The van der Waals surface area contributed by atoms with Crippen LogP contribution in [-0.2, 0) is 25.1 Å². The number of aryl methyl sites for hydroxylation is 1. The SMILES string of the molecule is CCn1c2c(cc(CS)c1=O)CCCC2. The lowest BCUT2D eigenvalue weighted by Crippen LogP contribution is -2.28. The molecule has 0 amide bonds. The summed E-state index contributed by atoms with van der Waals surface area (Å²) in [5.41, 5.74) is 3.64. The third-order valence-corrected chi connectivity index (χ3v) is 3.50. The Kier molecular flexibility index (Phi) is 3.19. The predicted molar refractivity (Wildman–Crippen MR) is 65.7 cm³/mol. The van der Waals surface area contributed by atoms with Crippen LogP contribution in [0.4, 0.5) is 0 Å². The molecule has 1 aliphatic carbocycles. The van der Waals surface area contributed by atoms with E-state index in [1.807, 2.05) is 11.5 Å². The molecule has 3 heteroatoms. The summed E-state index contributed by atoms with van der Waals surface area (Å²) in [6.45, 7) is 2.82. The van der Waals surface area contributed by atoms with Crippen molar-refractivity contribution in [3.8, 4) is 0 Å². The molecule has 0 N–H and O–H groups in total. The maximum absolute atomic E-state index is 12.0. The highest BCUT2D eigenvalue weighted by Crippen LogP contribution is 2.21. The normalized spacial score (nSPS) is 15.1. The Balaban J connectivity index is 2.63. The van der Waals surface area contributed by atoms with Gasteiger partial charge in [-0.3, -0.25) is 4.79 Å². The zero-order valence-electron chi connectivity index (χ0n) is 9.12. The Hall–Kier alpha value is -0.700. The van der Waals surface area contributed by atoms with E-state index >= 15 is 0 Å². The minimum atomic E-state index is 0.160. The Morgan fingerprint density at radius 3 is 2.80 bits per heavy atom. The predicted octanol–water partition coefficient (Wildman–Crippen LogP) is 2.18. The molecular weight excluding hydrogens is 206 g/mol. The molecule has 1 aliphatic rings. The first-order chi connectivity index (χ1) is 7.27. The summed E-state index contributed by atoms with van der Waals surface area (Å²) >= 11 is 4.22. The molecule has 15 heavy (non-hydrogen) atoms. The second kappa shape index (κ2) is 4.44. The molecule has 1 aromatic rings. The van der Waals surface area contributed by atoms with Gasteiger partial charge in [0, 0.05) is 23.6 Å². The highest BCUT2D eigenvalue weighted by atomic mass is 32.1. The first-order valence-corrected chi connectivity index (χ1v) is 6.26. The van der Waals surface area contributed by atoms with E-state index in [1.165, 1.54) is 24.1 Å². The van der Waals surface area contributed by atoms with Gasteiger partial charge in [-0.15, -0.1) is 0 Å². The van der Waals surface area contributed by atoms with Gasteiger partial charge in [0.05, 0.1) is 0 Å². The molecule has 0 atom stereocenters. The third-order valence-electron chi connectivity index (χ3n) is 3.16. The maximum Gasteiger partial charge on any atom is 0.254 e. The minimum Gasteiger partial charge on any atom is -0.312 e. The Labute approximate surface area is 95.7 Å². The lowest BCUT2D eigenvalue weighted by atomic mass is 9.94. The molecule has 82 valence electrons. The van der Waals surface area contributed by atoms with Crippen molar-refractivity contribution in [2.24, 2.45) is 0 Å². The van der Waals surface area contributed by atoms with Crippen molar-refractivity contribution in [1.29, 1.82) is 0 Å². The molecule has 0 aromatic carbocycles. The summed E-state index contributed by atoms with van der Waals surface area (Å²) in [7, 11) is 0. The molecule has 0 saturated carbocycles. The van der Waals surface area contributed by atoms with Crippen molar-refractivity contribution in [1.82, 2.24) is 4.57 Å². The molecule has 2 rings (SSSR count). The summed E-state index contributed by atoms with van der Waals surface area (Å²) in [6, 6.07) is 2.07. The molecule has 0 unspecified atom stereocenters. The van der Waals surface area contributed by atoms with E-state index in [0.29, 0.717) is 5.75 Å². The van der Waals surface area contributed by atoms with Gasteiger partial charge in [-0.1, -0.05) is 0 Å². The zero-order chi connectivity index (χ0) is 10.8. The van der Waals surface area contributed by atoms with Crippen LogP contribution in [0.2, 0.25) is 0 Å². The van der Waals surface area contributed by atoms with E-state index in [0.717, 1.165) is 24.9 Å². The van der Waals surface area contributed by atoms with E-state index in [1.54, 1.807) is 0 Å². The molecule has 0 saturated heterocycles. The minimum absolute atomic E-state index is 0.160. The monoisotopic (exact) mass is 223 g/mol. The Morgan fingerprint density at radius 1 is 1.40 bits per heavy atom. The number of hydrogen-bond donors (Lipinski definition) is 1. The van der Waals surface area contributed by atoms with Crippen LogP contribution >= 0.6 is 12.6 Å². The van der Waals surface area contributed by atoms with Crippen molar-refractivity contribution in [2.45, 2.75) is 44.9 Å². The second-order valence-corrected chi connectivity index (χ2v) is 4.37. The first kappa shape index (κ1) is 10.8. The summed E-state index contributed by atoms with van der Waals surface area (Å²) < 4.78 is 1.93. The van der Waals surface area contributed by atoms with Gasteiger partial charge in [-0.05, 0) is 44.2 Å². The molecule has 0 fully saturated rings. The molecule has 0 spiro atoms. The fraction of sp³-hybridized carbons (Fsp3) is 0.583. The van der Waals surface area contributed by atoms with E-state index in [4.69, 9.17) is 0 Å². The molecule has 0 aliphatic heterocycles. The topological polar surface area (TPSA) is 22.0 Å². The van der Waals surface area contributed by atoms with Crippen LogP contribution in [0.1, 0.15) is 36.6 Å². The van der Waals surface area contributed by atoms with E-state index in [-0.39, 0.29) is 5.56 Å². The van der Waals surface area contributed by atoms with Crippen molar-refractivity contribution in [3.63, 3.8) is 0 Å². The number of rotatable bonds is 2. The largest absolute Gasteiger partial charge is 0.312 e. The quantitative estimate of drug-likeness (QED) is 0.763. The van der Waals surface area contributed by atoms with Crippen LogP contribution in [0.15, 0.2) is 10.9 Å². The van der Waals surface area contributed by atoms with Crippen LogP contribution < -0.4 is 5.56 Å². The summed E-state index contributed by atoms with van der Waals surface area (Å²) in [6.07, 6.45) is 4.65. The van der Waals surface area contributed by atoms with E-state index < -0.39 is 0 Å². The Bertz CT molecular complexity index is 422. The van der Waals surface area contributed by atoms with Crippen LogP contribution in [0.5, 0.6) is 0 Å². The molecular formula is C12H17NOS. The fourth-order valence-corrected chi connectivity index (χ4v) is 2.62. The van der Waals surface area contributed by atoms with Gasteiger partial charge in [0.2, 0.25) is 0 Å². The van der Waals surface area contributed by atoms with Crippen LogP contribution in [0.25, 0.3) is 0 Å². The number of hydrogen-bond acceptors (Lipinski definition) is 2. The van der Waals surface area contributed by atoms with E-state index in [9.17, 15) is 4.79 Å². The average Bonchev–Trinajstić information content (AvgIpc) is 2.28. The summed E-state index contributed by atoms with van der Waals surface area (Å²) in [5, 5.41) is 0. The van der Waals surface area contributed by atoms with Gasteiger partial charge in [-0.2, -0.15) is 12.6 Å². The van der Waals surface area contributed by atoms with Crippen molar-refractivity contribution in [3.05, 3.63) is 33.2 Å². The highest BCUT2D eigenvalue weighted by molar-refractivity contribution is 7.79. The van der Waals surface area contributed by atoms with Gasteiger partial charge in [0.1, 0.15) is 0 Å². The molecule has 0 radical (unpaired) electrons. The molecule has 2 nitrogen and oxygen atoms in total. The molecule has 1 heterocycles. The lowest BCUT2D eigenvalue weighted by Gasteiger charge is -2.21. The fourth-order valence-electron chi connectivity index (χ4n) is 2.39. The van der Waals surface area contributed by atoms with Crippen LogP contribution in [-0.4, -0.2) is 4.57 Å². The summed E-state index contributed by atoms with van der Waals surface area (Å²) in [4.78, 5) is 12.0. The first-order valence-electron chi connectivity index (χ1n) is 5.63. The highest BCUT2D eigenvalue weighted by Gasteiger charge is 2.15. The van der Waals surface area contributed by atoms with Crippen molar-refractivity contribution < 1.29 is 0 Å². The van der Waals surface area contributed by atoms with Crippen LogP contribution in [0, 0.1) is 0 Å². The van der Waals surface area contributed by atoms with Gasteiger partial charge in [-0.25, -0.2) is 0 Å². The maximum atomic E-state index is 12.0. The van der Waals surface area contributed by atoms with E-state index in [2.05, 4.69) is 18.7 Å². The molecule has 0 bridgehead atoms. The average molecular weight is 223 g/mol. The van der Waals surface area contributed by atoms with Gasteiger partial charge < -0.3 is 4.57 Å². The van der Waals surface area contributed by atoms with Crippen molar-refractivity contribution >= 4 is 12.6 Å².